The van der Waals surface area contributed by atoms with Gasteiger partial charge in [-0.3, -0.25) is 0 Å². The summed E-state index contributed by atoms with van der Waals surface area (Å²) in [7, 11) is 1.32. The first-order valence-corrected chi connectivity index (χ1v) is 4.24. The highest BCUT2D eigenvalue weighted by Gasteiger charge is 2.29. The van der Waals surface area contributed by atoms with E-state index in [1.807, 2.05) is 0 Å². The maximum absolute atomic E-state index is 11.9. The monoisotopic (exact) mass is 231 g/mol. The van der Waals surface area contributed by atoms with Gasteiger partial charge in [0.05, 0.1) is 7.11 Å². The summed E-state index contributed by atoms with van der Waals surface area (Å²) in [6.45, 7) is -1.44. The summed E-state index contributed by atoms with van der Waals surface area (Å²) in [5.41, 5.74) is -0.0470. The lowest BCUT2D eigenvalue weighted by molar-refractivity contribution is -0.153. The minimum absolute atomic E-state index is 0.0470. The number of methoxy groups -OCH3 is 1. The zero-order valence-corrected chi connectivity index (χ0v) is 8.34. The Kier molecular flexibility index (Phi) is 3.61. The lowest BCUT2D eigenvalue weighted by atomic mass is 10.2. The van der Waals surface area contributed by atoms with Gasteiger partial charge in [-0.1, -0.05) is 6.07 Å². The molecule has 0 unspecified atom stereocenters. The second-order valence-electron chi connectivity index (χ2n) is 2.85. The van der Waals surface area contributed by atoms with Crippen molar-refractivity contribution in [3.05, 3.63) is 23.8 Å². The van der Waals surface area contributed by atoms with Crippen molar-refractivity contribution in [1.82, 2.24) is 0 Å². The molecular weight excluding hydrogens is 223 g/mol. The van der Waals surface area contributed by atoms with E-state index in [4.69, 9.17) is 10.00 Å². The highest BCUT2D eigenvalue weighted by Crippen LogP contribution is 2.28. The average Bonchev–Trinajstić information content (AvgIpc) is 2.24. The second kappa shape index (κ2) is 4.75. The third kappa shape index (κ3) is 3.05. The van der Waals surface area contributed by atoms with Gasteiger partial charge in [-0.25, -0.2) is 0 Å². The topological polar surface area (TPSA) is 42.2 Å². The fraction of sp³-hybridized carbons (Fsp3) is 0.300. The van der Waals surface area contributed by atoms with E-state index >= 15 is 0 Å². The summed E-state index contributed by atoms with van der Waals surface area (Å²) in [5.74, 6) is 0.0429. The molecule has 0 aliphatic rings. The minimum atomic E-state index is -4.43. The van der Waals surface area contributed by atoms with E-state index in [-0.39, 0.29) is 17.1 Å². The summed E-state index contributed by atoms with van der Waals surface area (Å²) in [6.07, 6.45) is -4.43. The predicted octanol–water partition coefficient (Wildman–Crippen LogP) is 2.51. The Morgan fingerprint density at radius 2 is 1.94 bits per heavy atom. The molecule has 0 aliphatic carbocycles. The second-order valence-corrected chi connectivity index (χ2v) is 2.85. The van der Waals surface area contributed by atoms with Crippen LogP contribution in [0.4, 0.5) is 13.2 Å². The van der Waals surface area contributed by atoms with Crippen LogP contribution in [0.2, 0.25) is 0 Å². The number of rotatable bonds is 3. The molecule has 0 radical (unpaired) electrons. The number of halogens is 3. The summed E-state index contributed by atoms with van der Waals surface area (Å²) in [6, 6.07) is 5.94. The molecule has 0 aromatic heterocycles. The molecule has 0 saturated carbocycles. The molecule has 0 spiro atoms. The van der Waals surface area contributed by atoms with Gasteiger partial charge in [0.1, 0.15) is 23.1 Å². The number of alkyl halides is 3. The number of hydrogen-bond donors (Lipinski definition) is 0. The third-order valence-corrected chi connectivity index (χ3v) is 1.71. The van der Waals surface area contributed by atoms with Crippen molar-refractivity contribution in [2.75, 3.05) is 13.7 Å². The van der Waals surface area contributed by atoms with E-state index in [1.54, 1.807) is 6.07 Å². The molecule has 1 aromatic rings. The summed E-state index contributed by atoms with van der Waals surface area (Å²) in [4.78, 5) is 0. The molecule has 0 atom stereocenters. The Morgan fingerprint density at radius 3 is 2.44 bits per heavy atom. The molecule has 0 fully saturated rings. The Balaban J connectivity index is 2.93. The van der Waals surface area contributed by atoms with Crippen LogP contribution in [0, 0.1) is 11.3 Å². The van der Waals surface area contributed by atoms with Crippen LogP contribution >= 0.6 is 0 Å². The fourth-order valence-electron chi connectivity index (χ4n) is 1.07. The SMILES string of the molecule is COc1cccc(OCC(F)(F)F)c1C#N. The van der Waals surface area contributed by atoms with Gasteiger partial charge in [0.2, 0.25) is 0 Å². The molecule has 0 saturated heterocycles. The van der Waals surface area contributed by atoms with Gasteiger partial charge in [0.25, 0.3) is 0 Å². The zero-order valence-electron chi connectivity index (χ0n) is 8.34. The standard InChI is InChI=1S/C10H8F3NO2/c1-15-8-3-2-4-9(7(8)5-14)16-6-10(11,12)13/h2-4H,6H2,1H3. The van der Waals surface area contributed by atoms with Crippen LogP contribution in [-0.4, -0.2) is 19.9 Å². The maximum atomic E-state index is 11.9. The van der Waals surface area contributed by atoms with Crippen molar-refractivity contribution in [2.24, 2.45) is 0 Å². The molecular formula is C10H8F3NO2. The zero-order chi connectivity index (χ0) is 12.2. The van der Waals surface area contributed by atoms with Gasteiger partial charge in [-0.2, -0.15) is 18.4 Å². The van der Waals surface area contributed by atoms with Crippen LogP contribution in [0.25, 0.3) is 0 Å². The molecule has 0 N–H and O–H groups in total. The molecule has 1 aromatic carbocycles. The molecule has 0 heterocycles. The molecule has 0 amide bonds. The Bertz CT molecular complexity index is 410. The quantitative estimate of drug-likeness (QED) is 0.802. The highest BCUT2D eigenvalue weighted by molar-refractivity contribution is 5.52. The van der Waals surface area contributed by atoms with Crippen LogP contribution in [0.3, 0.4) is 0 Å². The van der Waals surface area contributed by atoms with Crippen LogP contribution < -0.4 is 9.47 Å². The number of ether oxygens (including phenoxy) is 2. The molecule has 0 aliphatic heterocycles. The van der Waals surface area contributed by atoms with Crippen LogP contribution in [0.1, 0.15) is 5.56 Å². The van der Waals surface area contributed by atoms with Gasteiger partial charge in [-0.05, 0) is 12.1 Å². The molecule has 6 heteroatoms. The summed E-state index contributed by atoms with van der Waals surface area (Å²) < 4.78 is 45.1. The van der Waals surface area contributed by atoms with E-state index in [0.29, 0.717) is 0 Å². The van der Waals surface area contributed by atoms with Crippen LogP contribution in [-0.2, 0) is 0 Å². The lowest BCUT2D eigenvalue weighted by Gasteiger charge is -2.11. The normalized spacial score (nSPS) is 10.7. The average molecular weight is 231 g/mol. The fourth-order valence-corrected chi connectivity index (χ4v) is 1.07. The van der Waals surface area contributed by atoms with Crippen LogP contribution in [0.15, 0.2) is 18.2 Å². The Hall–Kier alpha value is -1.90. The Morgan fingerprint density at radius 1 is 1.31 bits per heavy atom. The van der Waals surface area contributed by atoms with Gasteiger partial charge in [0, 0.05) is 0 Å². The molecule has 0 bridgehead atoms. The Labute approximate surface area is 90.0 Å². The van der Waals surface area contributed by atoms with Crippen molar-refractivity contribution in [3.8, 4) is 17.6 Å². The summed E-state index contributed by atoms with van der Waals surface area (Å²) >= 11 is 0. The van der Waals surface area contributed by atoms with Gasteiger partial charge >= 0.3 is 6.18 Å². The van der Waals surface area contributed by atoms with Crippen molar-refractivity contribution >= 4 is 0 Å². The third-order valence-electron chi connectivity index (χ3n) is 1.71. The van der Waals surface area contributed by atoms with E-state index in [9.17, 15) is 13.2 Å². The molecule has 1 rings (SSSR count). The largest absolute Gasteiger partial charge is 0.495 e. The molecule has 16 heavy (non-hydrogen) atoms. The first kappa shape index (κ1) is 12.2. The predicted molar refractivity (Wildman–Crippen MR) is 49.3 cm³/mol. The highest BCUT2D eigenvalue weighted by atomic mass is 19.4. The van der Waals surface area contributed by atoms with Gasteiger partial charge in [0.15, 0.2) is 6.61 Å². The first-order valence-electron chi connectivity index (χ1n) is 4.24. The molecule has 3 nitrogen and oxygen atoms in total. The van der Waals surface area contributed by atoms with E-state index in [2.05, 4.69) is 4.74 Å². The van der Waals surface area contributed by atoms with E-state index in [0.717, 1.165) is 0 Å². The van der Waals surface area contributed by atoms with Crippen LogP contribution in [0.5, 0.6) is 11.5 Å². The van der Waals surface area contributed by atoms with Crippen molar-refractivity contribution in [1.29, 1.82) is 5.26 Å². The van der Waals surface area contributed by atoms with E-state index < -0.39 is 12.8 Å². The van der Waals surface area contributed by atoms with Gasteiger partial charge in [-0.15, -0.1) is 0 Å². The number of nitrogens with zero attached hydrogens (tertiary/aromatic N) is 1. The van der Waals surface area contributed by atoms with Gasteiger partial charge < -0.3 is 9.47 Å². The maximum Gasteiger partial charge on any atom is 0.422 e. The number of nitriles is 1. The minimum Gasteiger partial charge on any atom is -0.495 e. The van der Waals surface area contributed by atoms with E-state index in [1.165, 1.54) is 25.3 Å². The van der Waals surface area contributed by atoms with Crippen molar-refractivity contribution < 1.29 is 22.6 Å². The van der Waals surface area contributed by atoms with Crippen molar-refractivity contribution in [2.45, 2.75) is 6.18 Å². The summed E-state index contributed by atoms with van der Waals surface area (Å²) in [5, 5.41) is 8.77. The first-order chi connectivity index (χ1) is 7.48. The smallest absolute Gasteiger partial charge is 0.422 e. The number of hydrogen-bond acceptors (Lipinski definition) is 3. The number of benzene rings is 1. The molecule has 86 valence electrons. The van der Waals surface area contributed by atoms with Crippen molar-refractivity contribution in [3.63, 3.8) is 0 Å². The lowest BCUT2D eigenvalue weighted by Crippen LogP contribution is -2.19.